The number of likely N-dealkylation sites (tertiary alicyclic amines) is 2. The maximum atomic E-state index is 12.7. The summed E-state index contributed by atoms with van der Waals surface area (Å²) in [7, 11) is 0. The predicted octanol–water partition coefficient (Wildman–Crippen LogP) is 2.12. The van der Waals surface area contributed by atoms with Gasteiger partial charge in [-0.05, 0) is 62.8 Å². The molecule has 2 aliphatic heterocycles. The molecule has 0 unspecified atom stereocenters. The van der Waals surface area contributed by atoms with E-state index in [0.29, 0.717) is 5.91 Å². The van der Waals surface area contributed by atoms with E-state index in [9.17, 15) is 4.79 Å². The van der Waals surface area contributed by atoms with E-state index in [-0.39, 0.29) is 6.04 Å². The van der Waals surface area contributed by atoms with Gasteiger partial charge in [0.15, 0.2) is 0 Å². The molecule has 2 saturated heterocycles. The molecule has 0 aromatic carbocycles. The molecule has 0 aromatic rings. The van der Waals surface area contributed by atoms with Crippen LogP contribution in [-0.4, -0.2) is 47.9 Å². The number of hydrogen-bond donors (Lipinski definition) is 0. The third-order valence-corrected chi connectivity index (χ3v) is 5.79. The zero-order chi connectivity index (χ0) is 12.8. The van der Waals surface area contributed by atoms with Crippen LogP contribution in [-0.2, 0) is 4.79 Å². The molecular weight excluding hydrogens is 236 g/mol. The number of rotatable bonds is 4. The average Bonchev–Trinajstić information content (AvgIpc) is 3.16. The Kier molecular flexibility index (Phi) is 3.06. The summed E-state index contributed by atoms with van der Waals surface area (Å²) < 4.78 is 0. The number of carbonyl (C=O) groups is 1. The third-order valence-electron chi connectivity index (χ3n) is 5.79. The maximum Gasteiger partial charge on any atom is 0.239 e. The monoisotopic (exact) mass is 262 g/mol. The quantitative estimate of drug-likeness (QED) is 0.775. The molecule has 0 N–H and O–H groups in total. The Labute approximate surface area is 116 Å². The highest BCUT2D eigenvalue weighted by atomic mass is 16.2. The second-order valence-electron chi connectivity index (χ2n) is 7.38. The van der Waals surface area contributed by atoms with Crippen LogP contribution in [0, 0.1) is 17.8 Å². The molecule has 3 heteroatoms. The lowest BCUT2D eigenvalue weighted by molar-refractivity contribution is -0.146. The first kappa shape index (κ1) is 12.2. The van der Waals surface area contributed by atoms with Crippen molar-refractivity contribution in [2.24, 2.45) is 17.8 Å². The zero-order valence-corrected chi connectivity index (χ0v) is 11.9. The lowest BCUT2D eigenvalue weighted by atomic mass is 9.81. The summed E-state index contributed by atoms with van der Waals surface area (Å²) >= 11 is 0. The van der Waals surface area contributed by atoms with Crippen molar-refractivity contribution in [2.75, 3.05) is 26.2 Å². The molecule has 106 valence electrons. The zero-order valence-electron chi connectivity index (χ0n) is 11.9. The summed E-state index contributed by atoms with van der Waals surface area (Å²) in [6, 6.07) is 0.242. The van der Waals surface area contributed by atoms with E-state index in [1.165, 1.54) is 51.6 Å². The summed E-state index contributed by atoms with van der Waals surface area (Å²) in [5.74, 6) is 2.98. The van der Waals surface area contributed by atoms with Crippen LogP contribution in [0.5, 0.6) is 0 Å². The number of nitrogens with zero attached hydrogens (tertiary/aromatic N) is 2. The fourth-order valence-corrected chi connectivity index (χ4v) is 4.12. The Morgan fingerprint density at radius 3 is 2.47 bits per heavy atom. The van der Waals surface area contributed by atoms with Gasteiger partial charge >= 0.3 is 0 Å². The number of amides is 1. The standard InChI is InChI=1S/C16H26N2O/c19-16-15-8-14(11-18(16)10-13-4-5-13)6-7-17(15)9-12-2-1-3-12/h12-15H,1-11H2/t14-,15+/m0/s1. The largest absolute Gasteiger partial charge is 0.341 e. The second kappa shape index (κ2) is 4.76. The molecule has 4 aliphatic rings. The topological polar surface area (TPSA) is 23.6 Å². The van der Waals surface area contributed by atoms with Gasteiger partial charge in [0, 0.05) is 19.6 Å². The normalized spacial score (nSPS) is 36.4. The van der Waals surface area contributed by atoms with Gasteiger partial charge in [0.2, 0.25) is 5.91 Å². The van der Waals surface area contributed by atoms with Gasteiger partial charge in [-0.15, -0.1) is 0 Å². The van der Waals surface area contributed by atoms with Crippen molar-refractivity contribution in [3.05, 3.63) is 0 Å². The number of hydrogen-bond acceptors (Lipinski definition) is 2. The first-order valence-electron chi connectivity index (χ1n) is 8.32. The molecule has 2 saturated carbocycles. The molecule has 3 nitrogen and oxygen atoms in total. The van der Waals surface area contributed by atoms with Crippen molar-refractivity contribution in [3.63, 3.8) is 0 Å². The highest BCUT2D eigenvalue weighted by Gasteiger charge is 2.43. The Hall–Kier alpha value is -0.570. The molecule has 0 aromatic heterocycles. The molecular formula is C16H26N2O. The van der Waals surface area contributed by atoms with Crippen LogP contribution >= 0.6 is 0 Å². The van der Waals surface area contributed by atoms with Gasteiger partial charge in [-0.1, -0.05) is 6.42 Å². The van der Waals surface area contributed by atoms with E-state index in [0.717, 1.165) is 37.3 Å². The van der Waals surface area contributed by atoms with E-state index in [2.05, 4.69) is 9.80 Å². The van der Waals surface area contributed by atoms with E-state index in [1.807, 2.05) is 0 Å². The molecule has 4 fully saturated rings. The highest BCUT2D eigenvalue weighted by Crippen LogP contribution is 2.36. The summed E-state index contributed by atoms with van der Waals surface area (Å²) in [4.78, 5) is 17.4. The van der Waals surface area contributed by atoms with Gasteiger partial charge in [-0.2, -0.15) is 0 Å². The number of piperidine rings is 2. The summed E-state index contributed by atoms with van der Waals surface area (Å²) in [6.45, 7) is 4.49. The van der Waals surface area contributed by atoms with Crippen molar-refractivity contribution < 1.29 is 4.79 Å². The fourth-order valence-electron chi connectivity index (χ4n) is 4.12. The van der Waals surface area contributed by atoms with Crippen molar-refractivity contribution in [1.82, 2.24) is 9.80 Å². The van der Waals surface area contributed by atoms with Crippen LogP contribution in [0.2, 0.25) is 0 Å². The smallest absolute Gasteiger partial charge is 0.239 e. The molecule has 0 radical (unpaired) electrons. The molecule has 0 spiro atoms. The van der Waals surface area contributed by atoms with Crippen LogP contribution < -0.4 is 0 Å². The van der Waals surface area contributed by atoms with Gasteiger partial charge in [-0.25, -0.2) is 0 Å². The Morgan fingerprint density at radius 1 is 1.00 bits per heavy atom. The third kappa shape index (κ3) is 2.42. The van der Waals surface area contributed by atoms with Crippen LogP contribution in [0.3, 0.4) is 0 Å². The Balaban J connectivity index is 1.42. The van der Waals surface area contributed by atoms with E-state index < -0.39 is 0 Å². The molecule has 4 rings (SSSR count). The van der Waals surface area contributed by atoms with Gasteiger partial charge < -0.3 is 4.90 Å². The minimum Gasteiger partial charge on any atom is -0.341 e. The van der Waals surface area contributed by atoms with Crippen molar-refractivity contribution in [2.45, 2.75) is 51.0 Å². The Morgan fingerprint density at radius 2 is 1.79 bits per heavy atom. The van der Waals surface area contributed by atoms with E-state index in [1.54, 1.807) is 0 Å². The first-order valence-corrected chi connectivity index (χ1v) is 8.32. The van der Waals surface area contributed by atoms with Crippen LogP contribution in [0.15, 0.2) is 0 Å². The molecule has 1 amide bonds. The second-order valence-corrected chi connectivity index (χ2v) is 7.38. The first-order chi connectivity index (χ1) is 9.29. The number of fused-ring (bicyclic) bond motifs is 2. The molecule has 2 aliphatic carbocycles. The molecule has 2 atom stereocenters. The van der Waals surface area contributed by atoms with Gasteiger partial charge in [-0.3, -0.25) is 9.69 Å². The predicted molar refractivity (Wildman–Crippen MR) is 74.7 cm³/mol. The van der Waals surface area contributed by atoms with Crippen molar-refractivity contribution >= 4 is 5.91 Å². The maximum absolute atomic E-state index is 12.7. The van der Waals surface area contributed by atoms with Crippen molar-refractivity contribution in [1.29, 1.82) is 0 Å². The summed E-state index contributed by atoms with van der Waals surface area (Å²) in [6.07, 6.45) is 9.37. The van der Waals surface area contributed by atoms with Crippen LogP contribution in [0.25, 0.3) is 0 Å². The lowest BCUT2D eigenvalue weighted by Gasteiger charge is -2.48. The molecule has 2 heterocycles. The van der Waals surface area contributed by atoms with Gasteiger partial charge in [0.1, 0.15) is 0 Å². The highest BCUT2D eigenvalue weighted by molar-refractivity contribution is 5.83. The van der Waals surface area contributed by atoms with Crippen molar-refractivity contribution in [3.8, 4) is 0 Å². The van der Waals surface area contributed by atoms with Crippen LogP contribution in [0.1, 0.15) is 44.9 Å². The van der Waals surface area contributed by atoms with Crippen LogP contribution in [0.4, 0.5) is 0 Å². The van der Waals surface area contributed by atoms with E-state index in [4.69, 9.17) is 0 Å². The minimum absolute atomic E-state index is 0.242. The Bertz CT molecular complexity index is 362. The summed E-state index contributed by atoms with van der Waals surface area (Å²) in [5.41, 5.74) is 0. The summed E-state index contributed by atoms with van der Waals surface area (Å²) in [5, 5.41) is 0. The molecule has 2 bridgehead atoms. The molecule has 19 heavy (non-hydrogen) atoms. The average molecular weight is 262 g/mol. The van der Waals surface area contributed by atoms with Gasteiger partial charge in [0.05, 0.1) is 6.04 Å². The van der Waals surface area contributed by atoms with Gasteiger partial charge in [0.25, 0.3) is 0 Å². The minimum atomic E-state index is 0.242. The van der Waals surface area contributed by atoms with E-state index >= 15 is 0 Å². The SMILES string of the molecule is O=C1[C@H]2C[C@H](CCN2CC2CCC2)CN1CC1CC1. The number of carbonyl (C=O) groups excluding carboxylic acids is 1. The lowest BCUT2D eigenvalue weighted by Crippen LogP contribution is -2.60. The fraction of sp³-hybridized carbons (Fsp3) is 0.938.